The highest BCUT2D eigenvalue weighted by Crippen LogP contribution is 2.22. The fourth-order valence-electron chi connectivity index (χ4n) is 3.31. The SMILES string of the molecule is CCOc1ccc(S(=O)(=O)NC(Cc2ccccc2)C(=O)NCc2ccc(F)cc2)cc1C. The van der Waals surface area contributed by atoms with Crippen molar-refractivity contribution in [3.8, 4) is 5.75 Å². The summed E-state index contributed by atoms with van der Waals surface area (Å²) in [6.45, 7) is 4.23. The van der Waals surface area contributed by atoms with Gasteiger partial charge in [-0.25, -0.2) is 12.8 Å². The van der Waals surface area contributed by atoms with Gasteiger partial charge < -0.3 is 10.1 Å². The van der Waals surface area contributed by atoms with Crippen LogP contribution in [-0.4, -0.2) is 27.0 Å². The minimum atomic E-state index is -3.98. The Labute approximate surface area is 193 Å². The first-order valence-corrected chi connectivity index (χ1v) is 12.1. The Balaban J connectivity index is 1.80. The van der Waals surface area contributed by atoms with Crippen molar-refractivity contribution in [3.63, 3.8) is 0 Å². The van der Waals surface area contributed by atoms with Gasteiger partial charge in [0.15, 0.2) is 0 Å². The number of sulfonamides is 1. The highest BCUT2D eigenvalue weighted by molar-refractivity contribution is 7.89. The van der Waals surface area contributed by atoms with Gasteiger partial charge in [-0.2, -0.15) is 4.72 Å². The maximum absolute atomic E-state index is 13.1. The van der Waals surface area contributed by atoms with Gasteiger partial charge in [-0.15, -0.1) is 0 Å². The molecule has 0 aliphatic heterocycles. The van der Waals surface area contributed by atoms with Gasteiger partial charge in [0.2, 0.25) is 15.9 Å². The molecule has 1 amide bonds. The number of nitrogens with one attached hydrogen (secondary N) is 2. The summed E-state index contributed by atoms with van der Waals surface area (Å²) in [4.78, 5) is 13.0. The van der Waals surface area contributed by atoms with E-state index in [-0.39, 0.29) is 23.7 Å². The molecular formula is C25H27FN2O4S. The predicted octanol–water partition coefficient (Wildman–Crippen LogP) is 3.74. The van der Waals surface area contributed by atoms with E-state index in [9.17, 15) is 17.6 Å². The molecule has 0 fully saturated rings. The molecule has 0 spiro atoms. The number of hydrogen-bond donors (Lipinski definition) is 2. The molecule has 3 rings (SSSR count). The van der Waals surface area contributed by atoms with Crippen molar-refractivity contribution in [3.05, 3.63) is 95.3 Å². The monoisotopic (exact) mass is 470 g/mol. The predicted molar refractivity (Wildman–Crippen MR) is 125 cm³/mol. The normalized spacial score (nSPS) is 12.2. The molecule has 0 aliphatic rings. The zero-order chi connectivity index (χ0) is 23.8. The molecule has 174 valence electrons. The number of carbonyl (C=O) groups is 1. The van der Waals surface area contributed by atoms with E-state index in [1.54, 1.807) is 25.1 Å². The Morgan fingerprint density at radius 3 is 2.33 bits per heavy atom. The van der Waals surface area contributed by atoms with Gasteiger partial charge in [-0.05, 0) is 67.3 Å². The standard InChI is InChI=1S/C25H27FN2O4S/c1-3-32-24-14-13-22(15-18(24)2)33(30,31)28-23(16-19-7-5-4-6-8-19)25(29)27-17-20-9-11-21(26)12-10-20/h4-15,23,28H,3,16-17H2,1-2H3,(H,27,29). The first kappa shape index (κ1) is 24.4. The summed E-state index contributed by atoms with van der Waals surface area (Å²) < 4.78 is 47.3. The fourth-order valence-corrected chi connectivity index (χ4v) is 4.59. The second-order valence-electron chi connectivity index (χ2n) is 7.57. The van der Waals surface area contributed by atoms with E-state index in [1.165, 1.54) is 24.3 Å². The third-order valence-corrected chi connectivity index (χ3v) is 6.50. The van der Waals surface area contributed by atoms with E-state index in [4.69, 9.17) is 4.74 Å². The van der Waals surface area contributed by atoms with Crippen molar-refractivity contribution in [1.82, 2.24) is 10.0 Å². The van der Waals surface area contributed by atoms with Gasteiger partial charge in [-0.1, -0.05) is 42.5 Å². The van der Waals surface area contributed by atoms with Crippen LogP contribution in [0.5, 0.6) is 5.75 Å². The molecule has 0 bridgehead atoms. The minimum absolute atomic E-state index is 0.0489. The number of rotatable bonds is 10. The van der Waals surface area contributed by atoms with E-state index in [0.717, 1.165) is 5.56 Å². The maximum Gasteiger partial charge on any atom is 0.241 e. The molecular weight excluding hydrogens is 443 g/mol. The maximum atomic E-state index is 13.1. The summed E-state index contributed by atoms with van der Waals surface area (Å²) >= 11 is 0. The van der Waals surface area contributed by atoms with E-state index in [2.05, 4.69) is 10.0 Å². The second-order valence-corrected chi connectivity index (χ2v) is 9.28. The molecule has 0 saturated heterocycles. The second kappa shape index (κ2) is 11.1. The van der Waals surface area contributed by atoms with Crippen LogP contribution in [-0.2, 0) is 27.8 Å². The van der Waals surface area contributed by atoms with Gasteiger partial charge in [-0.3, -0.25) is 4.79 Å². The van der Waals surface area contributed by atoms with E-state index < -0.39 is 22.0 Å². The van der Waals surface area contributed by atoms with Crippen LogP contribution in [0.3, 0.4) is 0 Å². The van der Waals surface area contributed by atoms with Crippen molar-refractivity contribution in [2.75, 3.05) is 6.61 Å². The first-order chi connectivity index (χ1) is 15.8. The lowest BCUT2D eigenvalue weighted by atomic mass is 10.1. The molecule has 6 nitrogen and oxygen atoms in total. The number of hydrogen-bond acceptors (Lipinski definition) is 4. The number of benzene rings is 3. The summed E-state index contributed by atoms with van der Waals surface area (Å²) in [5.74, 6) is -0.242. The third kappa shape index (κ3) is 6.87. The molecule has 3 aromatic carbocycles. The average Bonchev–Trinajstić information content (AvgIpc) is 2.80. The van der Waals surface area contributed by atoms with Crippen molar-refractivity contribution in [2.45, 2.75) is 37.8 Å². The summed E-state index contributed by atoms with van der Waals surface area (Å²) in [5, 5.41) is 2.74. The molecule has 0 aliphatic carbocycles. The molecule has 0 heterocycles. The fraction of sp³-hybridized carbons (Fsp3) is 0.240. The molecule has 1 atom stereocenters. The van der Waals surface area contributed by atoms with Gasteiger partial charge in [0.05, 0.1) is 11.5 Å². The Morgan fingerprint density at radius 2 is 1.70 bits per heavy atom. The molecule has 3 aromatic rings. The largest absolute Gasteiger partial charge is 0.494 e. The zero-order valence-electron chi connectivity index (χ0n) is 18.5. The lowest BCUT2D eigenvalue weighted by molar-refractivity contribution is -0.122. The molecule has 2 N–H and O–H groups in total. The average molecular weight is 471 g/mol. The Kier molecular flexibility index (Phi) is 8.19. The van der Waals surface area contributed by atoms with Crippen LogP contribution in [0.15, 0.2) is 77.7 Å². The van der Waals surface area contributed by atoms with Gasteiger partial charge in [0.1, 0.15) is 17.6 Å². The van der Waals surface area contributed by atoms with Crippen LogP contribution >= 0.6 is 0 Å². The molecule has 0 saturated carbocycles. The van der Waals surface area contributed by atoms with Gasteiger partial charge in [0.25, 0.3) is 0 Å². The highest BCUT2D eigenvalue weighted by Gasteiger charge is 2.26. The molecule has 33 heavy (non-hydrogen) atoms. The third-order valence-electron chi connectivity index (χ3n) is 5.03. The molecule has 0 radical (unpaired) electrons. The lowest BCUT2D eigenvalue weighted by Crippen LogP contribution is -2.47. The minimum Gasteiger partial charge on any atom is -0.494 e. The van der Waals surface area contributed by atoms with Crippen molar-refractivity contribution >= 4 is 15.9 Å². The van der Waals surface area contributed by atoms with Crippen LogP contribution in [0.25, 0.3) is 0 Å². The van der Waals surface area contributed by atoms with Crippen LogP contribution in [0.1, 0.15) is 23.6 Å². The first-order valence-electron chi connectivity index (χ1n) is 10.6. The van der Waals surface area contributed by atoms with Crippen molar-refractivity contribution in [2.24, 2.45) is 0 Å². The van der Waals surface area contributed by atoms with E-state index >= 15 is 0 Å². The number of carbonyl (C=O) groups excluding carboxylic acids is 1. The van der Waals surface area contributed by atoms with Crippen LogP contribution in [0.4, 0.5) is 4.39 Å². The van der Waals surface area contributed by atoms with Gasteiger partial charge in [0, 0.05) is 6.54 Å². The zero-order valence-corrected chi connectivity index (χ0v) is 19.4. The Morgan fingerprint density at radius 1 is 1.00 bits per heavy atom. The van der Waals surface area contributed by atoms with E-state index in [1.807, 2.05) is 37.3 Å². The van der Waals surface area contributed by atoms with Gasteiger partial charge >= 0.3 is 0 Å². The summed E-state index contributed by atoms with van der Waals surface area (Å²) in [6, 6.07) is 18.4. The number of amides is 1. The highest BCUT2D eigenvalue weighted by atomic mass is 32.2. The van der Waals surface area contributed by atoms with Crippen LogP contribution in [0.2, 0.25) is 0 Å². The van der Waals surface area contributed by atoms with E-state index in [0.29, 0.717) is 23.5 Å². The summed E-state index contributed by atoms with van der Waals surface area (Å²) in [6.07, 6.45) is 0.172. The quantitative estimate of drug-likeness (QED) is 0.473. The smallest absolute Gasteiger partial charge is 0.241 e. The number of ether oxygens (including phenoxy) is 1. The van der Waals surface area contributed by atoms with Crippen molar-refractivity contribution < 1.29 is 22.3 Å². The molecule has 8 heteroatoms. The van der Waals surface area contributed by atoms with Crippen molar-refractivity contribution in [1.29, 1.82) is 0 Å². The lowest BCUT2D eigenvalue weighted by Gasteiger charge is -2.19. The van der Waals surface area contributed by atoms with Crippen LogP contribution in [0, 0.1) is 12.7 Å². The number of halogens is 1. The summed E-state index contributed by atoms with van der Waals surface area (Å²) in [7, 11) is -3.98. The summed E-state index contributed by atoms with van der Waals surface area (Å²) in [5.41, 5.74) is 2.19. The topological polar surface area (TPSA) is 84.5 Å². The Hall–Kier alpha value is -3.23. The number of aryl methyl sites for hydroxylation is 1. The molecule has 1 unspecified atom stereocenters. The Bertz CT molecular complexity index is 1180. The molecule has 0 aromatic heterocycles. The van der Waals surface area contributed by atoms with Crippen LogP contribution < -0.4 is 14.8 Å².